The van der Waals surface area contributed by atoms with Crippen molar-refractivity contribution in [3.63, 3.8) is 0 Å². The third-order valence-corrected chi connectivity index (χ3v) is 3.65. The number of aliphatic hydroxyl groups is 1. The Hall–Kier alpha value is -1.96. The molecule has 1 aromatic heterocycles. The first-order valence-corrected chi connectivity index (χ1v) is 7.02. The molecule has 0 spiro atoms. The van der Waals surface area contributed by atoms with Crippen LogP contribution in [0.25, 0.3) is 0 Å². The van der Waals surface area contributed by atoms with Crippen LogP contribution in [0.4, 0.5) is 5.69 Å². The first kappa shape index (κ1) is 16.4. The van der Waals surface area contributed by atoms with Crippen LogP contribution in [0, 0.1) is 10.1 Å². The van der Waals surface area contributed by atoms with Gasteiger partial charge in [-0.1, -0.05) is 17.7 Å². The van der Waals surface area contributed by atoms with Crippen LogP contribution >= 0.6 is 11.6 Å². The maximum absolute atomic E-state index is 10.8. The fourth-order valence-electron chi connectivity index (χ4n) is 2.06. The third-order valence-electron chi connectivity index (χ3n) is 3.33. The number of benzene rings is 1. The van der Waals surface area contributed by atoms with E-state index in [1.807, 2.05) is 0 Å². The summed E-state index contributed by atoms with van der Waals surface area (Å²) in [6, 6.07) is 4.63. The first-order chi connectivity index (χ1) is 10.3. The van der Waals surface area contributed by atoms with E-state index in [0.29, 0.717) is 12.1 Å². The van der Waals surface area contributed by atoms with Crippen molar-refractivity contribution in [1.29, 1.82) is 0 Å². The maximum Gasteiger partial charge on any atom is 0.288 e. The van der Waals surface area contributed by atoms with E-state index in [0.717, 1.165) is 5.56 Å². The Labute approximate surface area is 132 Å². The third kappa shape index (κ3) is 3.82. The molecule has 2 rings (SSSR count). The van der Waals surface area contributed by atoms with Crippen LogP contribution in [0.1, 0.15) is 18.1 Å². The molecule has 7 nitrogen and oxygen atoms in total. The summed E-state index contributed by atoms with van der Waals surface area (Å²) in [5, 5.41) is 28.5. The average Bonchev–Trinajstić information content (AvgIpc) is 2.88. The lowest BCUT2D eigenvalue weighted by molar-refractivity contribution is -0.384. The highest BCUT2D eigenvalue weighted by molar-refractivity contribution is 6.32. The van der Waals surface area contributed by atoms with E-state index in [1.54, 1.807) is 37.1 Å². The van der Waals surface area contributed by atoms with Gasteiger partial charge in [-0.2, -0.15) is 5.10 Å². The molecule has 0 fully saturated rings. The average molecular weight is 325 g/mol. The van der Waals surface area contributed by atoms with Gasteiger partial charge in [-0.25, -0.2) is 0 Å². The summed E-state index contributed by atoms with van der Waals surface area (Å²) in [5.74, 6) is 0. The van der Waals surface area contributed by atoms with Crippen molar-refractivity contribution in [3.05, 3.63) is 56.9 Å². The zero-order valence-electron chi connectivity index (χ0n) is 12.3. The highest BCUT2D eigenvalue weighted by atomic mass is 35.5. The van der Waals surface area contributed by atoms with E-state index in [2.05, 4.69) is 10.4 Å². The Morgan fingerprint density at radius 1 is 1.55 bits per heavy atom. The van der Waals surface area contributed by atoms with Gasteiger partial charge in [0.05, 0.1) is 11.1 Å². The van der Waals surface area contributed by atoms with Crippen LogP contribution in [-0.2, 0) is 19.2 Å². The molecule has 0 bridgehead atoms. The summed E-state index contributed by atoms with van der Waals surface area (Å²) in [4.78, 5) is 10.3. The molecule has 0 aliphatic rings. The van der Waals surface area contributed by atoms with Crippen LogP contribution < -0.4 is 5.32 Å². The predicted octanol–water partition coefficient (Wildman–Crippen LogP) is 1.98. The van der Waals surface area contributed by atoms with Gasteiger partial charge in [0.2, 0.25) is 0 Å². The van der Waals surface area contributed by atoms with Crippen molar-refractivity contribution >= 4 is 17.3 Å². The molecule has 0 saturated carbocycles. The van der Waals surface area contributed by atoms with E-state index < -0.39 is 10.5 Å². The molecule has 0 amide bonds. The first-order valence-electron chi connectivity index (χ1n) is 6.64. The van der Waals surface area contributed by atoms with E-state index >= 15 is 0 Å². The second-order valence-electron chi connectivity index (χ2n) is 5.32. The fourth-order valence-corrected chi connectivity index (χ4v) is 2.25. The highest BCUT2D eigenvalue weighted by Gasteiger charge is 2.24. The summed E-state index contributed by atoms with van der Waals surface area (Å²) in [6.45, 7) is 2.35. The molecule has 1 heterocycles. The molecule has 1 atom stereocenters. The van der Waals surface area contributed by atoms with Crippen LogP contribution in [0.2, 0.25) is 5.02 Å². The molecule has 2 aromatic rings. The Kier molecular flexibility index (Phi) is 4.80. The van der Waals surface area contributed by atoms with E-state index in [9.17, 15) is 15.2 Å². The summed E-state index contributed by atoms with van der Waals surface area (Å²) in [5.41, 5.74) is 0.217. The zero-order chi connectivity index (χ0) is 16.3. The van der Waals surface area contributed by atoms with E-state index in [1.165, 1.54) is 12.1 Å². The quantitative estimate of drug-likeness (QED) is 0.626. The minimum atomic E-state index is -1.08. The molecule has 0 saturated heterocycles. The van der Waals surface area contributed by atoms with Crippen LogP contribution in [0.15, 0.2) is 30.6 Å². The number of aryl methyl sites for hydroxylation is 1. The molecule has 22 heavy (non-hydrogen) atoms. The van der Waals surface area contributed by atoms with Gasteiger partial charge in [-0.3, -0.25) is 14.8 Å². The van der Waals surface area contributed by atoms with E-state index in [4.69, 9.17) is 11.6 Å². The lowest BCUT2D eigenvalue weighted by atomic mass is 9.99. The molecule has 118 valence electrons. The number of hydrogen-bond donors (Lipinski definition) is 2. The van der Waals surface area contributed by atoms with Gasteiger partial charge in [0.15, 0.2) is 0 Å². The van der Waals surface area contributed by atoms with Crippen LogP contribution in [0.3, 0.4) is 0 Å². The molecule has 0 aliphatic heterocycles. The van der Waals surface area contributed by atoms with Gasteiger partial charge in [-0.15, -0.1) is 0 Å². The molecule has 2 N–H and O–H groups in total. The number of nitro groups is 1. The second kappa shape index (κ2) is 6.43. The monoisotopic (exact) mass is 324 g/mol. The Morgan fingerprint density at radius 3 is 2.86 bits per heavy atom. The minimum Gasteiger partial charge on any atom is -0.384 e. The predicted molar refractivity (Wildman–Crippen MR) is 82.6 cm³/mol. The standard InChI is InChI=1S/C14H17ClN4O3/c1-14(20,11-7-17-18(2)8-11)9-16-6-10-3-4-12(15)13(5-10)19(21)22/h3-5,7-8,16,20H,6,9H2,1-2H3. The molecule has 8 heteroatoms. The largest absolute Gasteiger partial charge is 0.384 e. The molecule has 1 aromatic carbocycles. The van der Waals surface area contributed by atoms with Gasteiger partial charge < -0.3 is 10.4 Å². The van der Waals surface area contributed by atoms with E-state index in [-0.39, 0.29) is 17.3 Å². The van der Waals surface area contributed by atoms with Crippen molar-refractivity contribution in [2.24, 2.45) is 7.05 Å². The van der Waals surface area contributed by atoms with Gasteiger partial charge in [0, 0.05) is 38.0 Å². The Bertz CT molecular complexity index is 684. The number of nitro benzene ring substituents is 1. The van der Waals surface area contributed by atoms with Crippen molar-refractivity contribution < 1.29 is 10.0 Å². The summed E-state index contributed by atoms with van der Waals surface area (Å²) in [7, 11) is 1.78. The van der Waals surface area contributed by atoms with Crippen LogP contribution in [0.5, 0.6) is 0 Å². The number of hydrogen-bond acceptors (Lipinski definition) is 5. The SMILES string of the molecule is Cn1cc(C(C)(O)CNCc2ccc(Cl)c([N+](=O)[O-])c2)cn1. The zero-order valence-corrected chi connectivity index (χ0v) is 13.0. The molecule has 0 aliphatic carbocycles. The smallest absolute Gasteiger partial charge is 0.288 e. The molecule has 0 radical (unpaired) electrons. The summed E-state index contributed by atoms with van der Waals surface area (Å²) < 4.78 is 1.62. The van der Waals surface area contributed by atoms with Crippen molar-refractivity contribution in [2.75, 3.05) is 6.54 Å². The molecular formula is C14H17ClN4O3. The fraction of sp³-hybridized carbons (Fsp3) is 0.357. The summed E-state index contributed by atoms with van der Waals surface area (Å²) >= 11 is 5.77. The number of aromatic nitrogens is 2. The summed E-state index contributed by atoms with van der Waals surface area (Å²) in [6.07, 6.45) is 3.35. The normalized spacial score (nSPS) is 13.8. The molecular weight excluding hydrogens is 308 g/mol. The van der Waals surface area contributed by atoms with Gasteiger partial charge in [0.25, 0.3) is 5.69 Å². The second-order valence-corrected chi connectivity index (χ2v) is 5.73. The van der Waals surface area contributed by atoms with Gasteiger partial charge >= 0.3 is 0 Å². The lowest BCUT2D eigenvalue weighted by Gasteiger charge is -2.22. The Balaban J connectivity index is 1.99. The number of nitrogens with zero attached hydrogens (tertiary/aromatic N) is 3. The van der Waals surface area contributed by atoms with Crippen LogP contribution in [-0.4, -0.2) is 26.4 Å². The molecule has 1 unspecified atom stereocenters. The van der Waals surface area contributed by atoms with Crippen molar-refractivity contribution in [1.82, 2.24) is 15.1 Å². The minimum absolute atomic E-state index is 0.108. The van der Waals surface area contributed by atoms with Gasteiger partial charge in [0.1, 0.15) is 10.6 Å². The topological polar surface area (TPSA) is 93.2 Å². The Morgan fingerprint density at radius 2 is 2.27 bits per heavy atom. The number of nitrogens with one attached hydrogen (secondary N) is 1. The van der Waals surface area contributed by atoms with Crippen molar-refractivity contribution in [2.45, 2.75) is 19.1 Å². The number of rotatable bonds is 6. The highest BCUT2D eigenvalue weighted by Crippen LogP contribution is 2.25. The number of halogens is 1. The maximum atomic E-state index is 10.8. The lowest BCUT2D eigenvalue weighted by Crippen LogP contribution is -2.34. The van der Waals surface area contributed by atoms with Crippen molar-refractivity contribution in [3.8, 4) is 0 Å². The van der Waals surface area contributed by atoms with Gasteiger partial charge in [-0.05, 0) is 18.6 Å².